The summed E-state index contributed by atoms with van der Waals surface area (Å²) in [4.78, 5) is 21.4. The van der Waals surface area contributed by atoms with Crippen LogP contribution in [0.5, 0.6) is 11.5 Å². The predicted octanol–water partition coefficient (Wildman–Crippen LogP) is 3.32. The lowest BCUT2D eigenvalue weighted by Gasteiger charge is -2.08. The van der Waals surface area contributed by atoms with Gasteiger partial charge in [-0.25, -0.2) is 4.98 Å². The molecule has 114 valence electrons. The maximum absolute atomic E-state index is 12.2. The first-order valence-corrected chi connectivity index (χ1v) is 7.93. The first-order chi connectivity index (χ1) is 10.6. The van der Waals surface area contributed by atoms with Crippen molar-refractivity contribution in [1.82, 2.24) is 9.97 Å². The average molecular weight is 316 g/mol. The number of thiophene rings is 1. The molecule has 0 radical (unpaired) electrons. The summed E-state index contributed by atoms with van der Waals surface area (Å²) in [7, 11) is 0. The van der Waals surface area contributed by atoms with Gasteiger partial charge in [-0.15, -0.1) is 11.3 Å². The molecule has 0 bridgehead atoms. The first kappa shape index (κ1) is 14.6. The van der Waals surface area contributed by atoms with Gasteiger partial charge in [0.1, 0.15) is 10.7 Å². The molecule has 0 spiro atoms. The lowest BCUT2D eigenvalue weighted by Crippen LogP contribution is -2.08. The van der Waals surface area contributed by atoms with Gasteiger partial charge in [0.2, 0.25) is 0 Å². The molecule has 22 heavy (non-hydrogen) atoms. The van der Waals surface area contributed by atoms with Crippen LogP contribution in [0.25, 0.3) is 21.6 Å². The highest BCUT2D eigenvalue weighted by atomic mass is 32.1. The maximum atomic E-state index is 12.2. The van der Waals surface area contributed by atoms with Crippen molar-refractivity contribution in [1.29, 1.82) is 0 Å². The number of aromatic hydroxyl groups is 1. The van der Waals surface area contributed by atoms with Crippen LogP contribution in [-0.2, 0) is 6.42 Å². The van der Waals surface area contributed by atoms with Gasteiger partial charge < -0.3 is 14.8 Å². The van der Waals surface area contributed by atoms with E-state index < -0.39 is 0 Å². The zero-order valence-electron chi connectivity index (χ0n) is 12.3. The van der Waals surface area contributed by atoms with Crippen molar-refractivity contribution < 1.29 is 9.84 Å². The number of fused-ring (bicyclic) bond motifs is 1. The first-order valence-electron chi connectivity index (χ1n) is 7.11. The maximum Gasteiger partial charge on any atom is 0.259 e. The summed E-state index contributed by atoms with van der Waals surface area (Å²) in [5.74, 6) is 0.921. The zero-order valence-corrected chi connectivity index (χ0v) is 13.2. The topological polar surface area (TPSA) is 75.2 Å². The lowest BCUT2D eigenvalue weighted by molar-refractivity contribution is 0.318. The van der Waals surface area contributed by atoms with Crippen molar-refractivity contribution in [2.45, 2.75) is 20.3 Å². The van der Waals surface area contributed by atoms with Crippen LogP contribution in [-0.4, -0.2) is 21.7 Å². The third-order valence-corrected chi connectivity index (χ3v) is 4.51. The van der Waals surface area contributed by atoms with Gasteiger partial charge in [0.25, 0.3) is 5.56 Å². The molecule has 0 amide bonds. The van der Waals surface area contributed by atoms with Gasteiger partial charge in [0.05, 0.1) is 12.0 Å². The molecule has 0 fully saturated rings. The molecule has 2 heterocycles. The van der Waals surface area contributed by atoms with Crippen LogP contribution in [0.1, 0.15) is 18.7 Å². The zero-order chi connectivity index (χ0) is 15.7. The highest BCUT2D eigenvalue weighted by Gasteiger charge is 2.11. The van der Waals surface area contributed by atoms with Crippen LogP contribution in [0.4, 0.5) is 0 Å². The number of rotatable bonds is 4. The van der Waals surface area contributed by atoms with E-state index in [9.17, 15) is 9.90 Å². The van der Waals surface area contributed by atoms with Gasteiger partial charge in [-0.3, -0.25) is 4.79 Å². The molecule has 6 heteroatoms. The van der Waals surface area contributed by atoms with Crippen molar-refractivity contribution in [3.63, 3.8) is 0 Å². The summed E-state index contributed by atoms with van der Waals surface area (Å²) in [6, 6.07) is 6.81. The van der Waals surface area contributed by atoms with Gasteiger partial charge >= 0.3 is 0 Å². The van der Waals surface area contributed by atoms with Crippen LogP contribution >= 0.6 is 11.3 Å². The number of hydrogen-bond acceptors (Lipinski definition) is 5. The van der Waals surface area contributed by atoms with Gasteiger partial charge in [-0.05, 0) is 37.6 Å². The SMILES string of the molecule is CCOc1cc(-c2nc3sc(CC)cc3c(=O)[nH]2)ccc1O. The van der Waals surface area contributed by atoms with E-state index in [1.54, 1.807) is 12.1 Å². The van der Waals surface area contributed by atoms with E-state index in [-0.39, 0.29) is 11.3 Å². The monoisotopic (exact) mass is 316 g/mol. The summed E-state index contributed by atoms with van der Waals surface area (Å²) in [6.45, 7) is 4.34. The largest absolute Gasteiger partial charge is 0.504 e. The third kappa shape index (κ3) is 2.57. The molecule has 5 nitrogen and oxygen atoms in total. The number of H-pyrrole nitrogens is 1. The molecule has 0 aliphatic carbocycles. The van der Waals surface area contributed by atoms with Crippen LogP contribution in [0.2, 0.25) is 0 Å². The van der Waals surface area contributed by atoms with Crippen molar-refractivity contribution in [3.8, 4) is 22.9 Å². The standard InChI is InChI=1S/C16H16N2O3S/c1-3-10-8-11-15(20)17-14(18-16(11)22-10)9-5-6-12(19)13(7-9)21-4-2/h5-8,19H,3-4H2,1-2H3,(H,17,18,20). The second kappa shape index (κ2) is 5.81. The van der Waals surface area contributed by atoms with E-state index in [4.69, 9.17) is 4.74 Å². The Morgan fingerprint density at radius 3 is 2.86 bits per heavy atom. The minimum atomic E-state index is -0.151. The third-order valence-electron chi connectivity index (χ3n) is 3.33. The van der Waals surface area contributed by atoms with E-state index in [0.29, 0.717) is 29.1 Å². The van der Waals surface area contributed by atoms with Gasteiger partial charge in [0, 0.05) is 10.4 Å². The van der Waals surface area contributed by atoms with Crippen LogP contribution in [0.3, 0.4) is 0 Å². The quantitative estimate of drug-likeness (QED) is 0.774. The summed E-state index contributed by atoms with van der Waals surface area (Å²) >= 11 is 1.53. The number of benzene rings is 1. The summed E-state index contributed by atoms with van der Waals surface area (Å²) in [5.41, 5.74) is 0.550. The number of nitrogens with zero attached hydrogens (tertiary/aromatic N) is 1. The number of phenolic OH excluding ortho intramolecular Hbond substituents is 1. The average Bonchev–Trinajstić information content (AvgIpc) is 2.93. The number of aromatic amines is 1. The van der Waals surface area contributed by atoms with E-state index in [1.165, 1.54) is 17.4 Å². The van der Waals surface area contributed by atoms with Crippen molar-refractivity contribution in [2.24, 2.45) is 0 Å². The normalized spacial score (nSPS) is 11.0. The van der Waals surface area contributed by atoms with E-state index >= 15 is 0 Å². The van der Waals surface area contributed by atoms with E-state index in [2.05, 4.69) is 9.97 Å². The molecule has 0 unspecified atom stereocenters. The fourth-order valence-corrected chi connectivity index (χ4v) is 3.19. The molecule has 2 N–H and O–H groups in total. The van der Waals surface area contributed by atoms with Crippen LogP contribution in [0.15, 0.2) is 29.1 Å². The molecule has 0 saturated carbocycles. The fourth-order valence-electron chi connectivity index (χ4n) is 2.22. The smallest absolute Gasteiger partial charge is 0.259 e. The Kier molecular flexibility index (Phi) is 3.85. The molecular formula is C16H16N2O3S. The minimum Gasteiger partial charge on any atom is -0.504 e. The van der Waals surface area contributed by atoms with Crippen LogP contribution < -0.4 is 10.3 Å². The lowest BCUT2D eigenvalue weighted by atomic mass is 10.2. The Morgan fingerprint density at radius 2 is 2.14 bits per heavy atom. The molecule has 3 rings (SSSR count). The van der Waals surface area contributed by atoms with Crippen molar-refractivity contribution in [3.05, 3.63) is 39.5 Å². The highest BCUT2D eigenvalue weighted by Crippen LogP contribution is 2.31. The Balaban J connectivity index is 2.13. The van der Waals surface area contributed by atoms with Gasteiger partial charge in [0.15, 0.2) is 11.5 Å². The second-order valence-electron chi connectivity index (χ2n) is 4.82. The number of nitrogens with one attached hydrogen (secondary N) is 1. The minimum absolute atomic E-state index is 0.0680. The Bertz CT molecular complexity index is 883. The Labute approximate surface area is 131 Å². The van der Waals surface area contributed by atoms with Crippen molar-refractivity contribution in [2.75, 3.05) is 6.61 Å². The van der Waals surface area contributed by atoms with Crippen molar-refractivity contribution >= 4 is 21.6 Å². The Hall–Kier alpha value is -2.34. The highest BCUT2D eigenvalue weighted by molar-refractivity contribution is 7.18. The molecule has 3 aromatic rings. The number of hydrogen-bond donors (Lipinski definition) is 2. The number of phenols is 1. The molecular weight excluding hydrogens is 300 g/mol. The predicted molar refractivity (Wildman–Crippen MR) is 87.9 cm³/mol. The molecule has 0 atom stereocenters. The Morgan fingerprint density at radius 1 is 1.32 bits per heavy atom. The summed E-state index contributed by atoms with van der Waals surface area (Å²) < 4.78 is 5.37. The second-order valence-corrected chi connectivity index (χ2v) is 5.93. The molecule has 2 aromatic heterocycles. The number of aryl methyl sites for hydroxylation is 1. The molecule has 0 aliphatic heterocycles. The summed E-state index contributed by atoms with van der Waals surface area (Å²) in [5, 5.41) is 10.4. The number of ether oxygens (including phenoxy) is 1. The van der Waals surface area contributed by atoms with E-state index in [0.717, 1.165) is 16.1 Å². The molecule has 1 aromatic carbocycles. The fraction of sp³-hybridized carbons (Fsp3) is 0.250. The molecule has 0 saturated heterocycles. The molecule has 0 aliphatic rings. The van der Waals surface area contributed by atoms with Gasteiger partial charge in [-0.2, -0.15) is 0 Å². The number of aromatic nitrogens is 2. The summed E-state index contributed by atoms with van der Waals surface area (Å²) in [6.07, 6.45) is 0.878. The van der Waals surface area contributed by atoms with Gasteiger partial charge in [-0.1, -0.05) is 6.92 Å². The van der Waals surface area contributed by atoms with E-state index in [1.807, 2.05) is 19.9 Å². The van der Waals surface area contributed by atoms with Crippen LogP contribution in [0, 0.1) is 0 Å².